The summed E-state index contributed by atoms with van der Waals surface area (Å²) in [4.78, 5) is 4.86. The lowest BCUT2D eigenvalue weighted by atomic mass is 10.0. The zero-order chi connectivity index (χ0) is 11.4. The molecule has 0 amide bonds. The van der Waals surface area contributed by atoms with Crippen molar-refractivity contribution < 1.29 is 4.74 Å². The molecule has 0 aromatic carbocycles. The molecule has 2 aliphatic rings. The number of likely N-dealkylation sites (N-methyl/N-ethyl adjacent to an activating group) is 2. The molecule has 0 spiro atoms. The molecule has 1 N–H and O–H groups in total. The van der Waals surface area contributed by atoms with E-state index in [0.717, 1.165) is 32.3 Å². The maximum absolute atomic E-state index is 5.81. The van der Waals surface area contributed by atoms with Gasteiger partial charge in [-0.05, 0) is 40.0 Å². The molecular formula is C12H25N3O. The van der Waals surface area contributed by atoms with Crippen molar-refractivity contribution in [2.45, 2.75) is 25.0 Å². The van der Waals surface area contributed by atoms with Gasteiger partial charge in [-0.15, -0.1) is 0 Å². The molecule has 1 atom stereocenters. The van der Waals surface area contributed by atoms with Gasteiger partial charge in [-0.2, -0.15) is 0 Å². The number of hydrogen-bond acceptors (Lipinski definition) is 4. The quantitative estimate of drug-likeness (QED) is 0.734. The van der Waals surface area contributed by atoms with Gasteiger partial charge in [0.2, 0.25) is 0 Å². The Morgan fingerprint density at radius 1 is 1.38 bits per heavy atom. The van der Waals surface area contributed by atoms with Gasteiger partial charge in [0.15, 0.2) is 0 Å². The molecule has 1 unspecified atom stereocenters. The van der Waals surface area contributed by atoms with E-state index in [9.17, 15) is 0 Å². The van der Waals surface area contributed by atoms with E-state index >= 15 is 0 Å². The van der Waals surface area contributed by atoms with Crippen LogP contribution in [0.4, 0.5) is 0 Å². The van der Waals surface area contributed by atoms with Gasteiger partial charge in [-0.1, -0.05) is 0 Å². The molecular weight excluding hydrogens is 202 g/mol. The highest BCUT2D eigenvalue weighted by molar-refractivity contribution is 4.79. The second-order valence-electron chi connectivity index (χ2n) is 5.18. The largest absolute Gasteiger partial charge is 0.374 e. The topological polar surface area (TPSA) is 27.7 Å². The highest BCUT2D eigenvalue weighted by Crippen LogP contribution is 2.12. The van der Waals surface area contributed by atoms with E-state index < -0.39 is 0 Å². The number of nitrogens with zero attached hydrogens (tertiary/aromatic N) is 2. The van der Waals surface area contributed by atoms with E-state index in [2.05, 4.69) is 29.2 Å². The van der Waals surface area contributed by atoms with Crippen molar-refractivity contribution in [2.75, 3.05) is 53.4 Å². The number of nitrogens with one attached hydrogen (secondary N) is 1. The molecule has 2 heterocycles. The van der Waals surface area contributed by atoms with Gasteiger partial charge in [0.05, 0.1) is 12.7 Å². The Bertz CT molecular complexity index is 206. The smallest absolute Gasteiger partial charge is 0.0829 e. The number of rotatable bonds is 3. The zero-order valence-corrected chi connectivity index (χ0v) is 10.6. The Labute approximate surface area is 98.9 Å². The SMILES string of the molecule is CN1CCOC(CN(C)C2CCNCC2)C1. The summed E-state index contributed by atoms with van der Waals surface area (Å²) < 4.78 is 5.81. The second-order valence-corrected chi connectivity index (χ2v) is 5.18. The number of piperidine rings is 1. The predicted octanol–water partition coefficient (Wildman–Crippen LogP) is 0.000800. The van der Waals surface area contributed by atoms with Gasteiger partial charge in [0, 0.05) is 25.7 Å². The van der Waals surface area contributed by atoms with Crippen molar-refractivity contribution in [1.29, 1.82) is 0 Å². The Morgan fingerprint density at radius 2 is 2.12 bits per heavy atom. The second kappa shape index (κ2) is 5.96. The fourth-order valence-electron chi connectivity index (χ4n) is 2.69. The summed E-state index contributed by atoms with van der Waals surface area (Å²) >= 11 is 0. The van der Waals surface area contributed by atoms with E-state index in [4.69, 9.17) is 4.74 Å². The van der Waals surface area contributed by atoms with Gasteiger partial charge in [-0.3, -0.25) is 0 Å². The molecule has 4 heteroatoms. The molecule has 0 bridgehead atoms. The first-order valence-electron chi connectivity index (χ1n) is 6.47. The summed E-state index contributed by atoms with van der Waals surface area (Å²) in [5.74, 6) is 0. The van der Waals surface area contributed by atoms with Gasteiger partial charge in [0.25, 0.3) is 0 Å². The lowest BCUT2D eigenvalue weighted by molar-refractivity contribution is -0.0387. The molecule has 2 fully saturated rings. The Kier molecular flexibility index (Phi) is 4.58. The van der Waals surface area contributed by atoms with Crippen molar-refractivity contribution in [3.05, 3.63) is 0 Å². The summed E-state index contributed by atoms with van der Waals surface area (Å²) in [6.45, 7) is 6.46. The van der Waals surface area contributed by atoms with Crippen molar-refractivity contribution >= 4 is 0 Å². The van der Waals surface area contributed by atoms with Crippen LogP contribution in [0, 0.1) is 0 Å². The number of morpholine rings is 1. The van der Waals surface area contributed by atoms with Crippen LogP contribution in [-0.2, 0) is 4.74 Å². The van der Waals surface area contributed by atoms with E-state index in [-0.39, 0.29) is 0 Å². The zero-order valence-electron chi connectivity index (χ0n) is 10.6. The average molecular weight is 227 g/mol. The van der Waals surface area contributed by atoms with E-state index in [1.807, 2.05) is 0 Å². The van der Waals surface area contributed by atoms with Crippen LogP contribution in [0.25, 0.3) is 0 Å². The minimum Gasteiger partial charge on any atom is -0.374 e. The summed E-state index contributed by atoms with van der Waals surface area (Å²) in [5, 5.41) is 3.41. The summed E-state index contributed by atoms with van der Waals surface area (Å²) in [5.41, 5.74) is 0. The van der Waals surface area contributed by atoms with Crippen molar-refractivity contribution in [2.24, 2.45) is 0 Å². The van der Waals surface area contributed by atoms with Crippen LogP contribution in [0.2, 0.25) is 0 Å². The molecule has 0 aromatic rings. The molecule has 0 radical (unpaired) electrons. The van der Waals surface area contributed by atoms with E-state index in [0.29, 0.717) is 6.10 Å². The number of ether oxygens (including phenoxy) is 1. The predicted molar refractivity (Wildman–Crippen MR) is 65.8 cm³/mol. The fraction of sp³-hybridized carbons (Fsp3) is 1.00. The normalized spacial score (nSPS) is 29.8. The summed E-state index contributed by atoms with van der Waals surface area (Å²) in [7, 11) is 4.42. The third-order valence-electron chi connectivity index (χ3n) is 3.77. The molecule has 2 aliphatic heterocycles. The highest BCUT2D eigenvalue weighted by atomic mass is 16.5. The average Bonchev–Trinajstić information content (AvgIpc) is 2.30. The molecule has 94 valence electrons. The van der Waals surface area contributed by atoms with Crippen LogP contribution in [0.5, 0.6) is 0 Å². The summed E-state index contributed by atoms with van der Waals surface area (Å²) in [6.07, 6.45) is 2.96. The van der Waals surface area contributed by atoms with Crippen LogP contribution >= 0.6 is 0 Å². The summed E-state index contributed by atoms with van der Waals surface area (Å²) in [6, 6.07) is 0.747. The van der Waals surface area contributed by atoms with E-state index in [1.165, 1.54) is 25.9 Å². The van der Waals surface area contributed by atoms with Gasteiger partial charge in [0.1, 0.15) is 0 Å². The first-order valence-corrected chi connectivity index (χ1v) is 6.47. The molecule has 0 aromatic heterocycles. The fourth-order valence-corrected chi connectivity index (χ4v) is 2.69. The van der Waals surface area contributed by atoms with Gasteiger partial charge >= 0.3 is 0 Å². The van der Waals surface area contributed by atoms with E-state index in [1.54, 1.807) is 0 Å². The van der Waals surface area contributed by atoms with Crippen molar-refractivity contribution in [3.8, 4) is 0 Å². The van der Waals surface area contributed by atoms with Crippen LogP contribution in [-0.4, -0.2) is 75.4 Å². The first-order chi connectivity index (χ1) is 7.75. The van der Waals surface area contributed by atoms with Crippen LogP contribution in [0.15, 0.2) is 0 Å². The molecule has 2 rings (SSSR count). The Morgan fingerprint density at radius 3 is 2.81 bits per heavy atom. The molecule has 4 nitrogen and oxygen atoms in total. The third-order valence-corrected chi connectivity index (χ3v) is 3.77. The third kappa shape index (κ3) is 3.42. The lowest BCUT2D eigenvalue weighted by Gasteiger charge is -2.37. The number of hydrogen-bond donors (Lipinski definition) is 1. The Balaban J connectivity index is 1.74. The van der Waals surface area contributed by atoms with Gasteiger partial charge in [-0.25, -0.2) is 0 Å². The molecule has 16 heavy (non-hydrogen) atoms. The lowest BCUT2D eigenvalue weighted by Crippen LogP contribution is -2.49. The molecule has 0 saturated carbocycles. The van der Waals surface area contributed by atoms with Crippen molar-refractivity contribution in [1.82, 2.24) is 15.1 Å². The van der Waals surface area contributed by atoms with Crippen LogP contribution in [0.3, 0.4) is 0 Å². The Hall–Kier alpha value is -0.160. The maximum atomic E-state index is 5.81. The maximum Gasteiger partial charge on any atom is 0.0829 e. The van der Waals surface area contributed by atoms with Crippen LogP contribution < -0.4 is 5.32 Å². The van der Waals surface area contributed by atoms with Gasteiger partial charge < -0.3 is 19.9 Å². The first kappa shape index (κ1) is 12.3. The standard InChI is InChI=1S/C12H25N3O/c1-14-7-8-16-12(9-14)10-15(2)11-3-5-13-6-4-11/h11-13H,3-10H2,1-2H3. The molecule has 2 saturated heterocycles. The van der Waals surface area contributed by atoms with Crippen LogP contribution in [0.1, 0.15) is 12.8 Å². The minimum atomic E-state index is 0.402. The highest BCUT2D eigenvalue weighted by Gasteiger charge is 2.23. The molecule has 0 aliphatic carbocycles. The van der Waals surface area contributed by atoms with Crippen molar-refractivity contribution in [3.63, 3.8) is 0 Å². The monoisotopic (exact) mass is 227 g/mol. The minimum absolute atomic E-state index is 0.402.